The molecule has 0 spiro atoms. The molecular weight excluding hydrogens is 468 g/mol. The fourth-order valence-electron chi connectivity index (χ4n) is 5.23. The van der Waals surface area contributed by atoms with Crippen LogP contribution in [0.1, 0.15) is 45.8 Å². The summed E-state index contributed by atoms with van der Waals surface area (Å²) in [6, 6.07) is 19.8. The zero-order chi connectivity index (χ0) is 25.7. The fourth-order valence-corrected chi connectivity index (χ4v) is 5.23. The summed E-state index contributed by atoms with van der Waals surface area (Å²) in [6.07, 6.45) is 0.719. The number of carbonyl (C=O) groups is 1. The number of furan rings is 1. The predicted molar refractivity (Wildman–Crippen MR) is 144 cm³/mol. The highest BCUT2D eigenvalue weighted by Gasteiger charge is 2.25. The van der Waals surface area contributed by atoms with Crippen molar-refractivity contribution in [2.45, 2.75) is 32.9 Å². The molecule has 7 nitrogen and oxygen atoms in total. The molecule has 2 aromatic heterocycles. The van der Waals surface area contributed by atoms with Gasteiger partial charge in [-0.1, -0.05) is 36.4 Å². The van der Waals surface area contributed by atoms with Crippen molar-refractivity contribution in [3.8, 4) is 0 Å². The molecule has 0 aliphatic carbocycles. The van der Waals surface area contributed by atoms with Crippen molar-refractivity contribution in [1.82, 2.24) is 0 Å². The van der Waals surface area contributed by atoms with E-state index >= 15 is 0 Å². The van der Waals surface area contributed by atoms with Crippen LogP contribution in [0, 0.1) is 6.92 Å². The molecule has 186 valence electrons. The van der Waals surface area contributed by atoms with Gasteiger partial charge in [0.05, 0.1) is 17.0 Å². The van der Waals surface area contributed by atoms with Gasteiger partial charge in [-0.05, 0) is 43.7 Å². The Hall–Kier alpha value is -4.52. The van der Waals surface area contributed by atoms with E-state index in [4.69, 9.17) is 8.83 Å². The smallest absolute Gasteiger partial charge is 0.337 e. The van der Waals surface area contributed by atoms with Gasteiger partial charge in [-0.2, -0.15) is 0 Å². The first kappa shape index (κ1) is 22.9. The van der Waals surface area contributed by atoms with E-state index in [0.717, 1.165) is 39.8 Å². The van der Waals surface area contributed by atoms with Gasteiger partial charge in [-0.3, -0.25) is 4.79 Å². The van der Waals surface area contributed by atoms with Gasteiger partial charge in [0.2, 0.25) is 0 Å². The average molecular weight is 495 g/mol. The molecule has 0 fully saturated rings. The molecule has 0 radical (unpaired) electrons. The number of hydrogen-bond donors (Lipinski definition) is 2. The molecule has 7 heteroatoms. The molecule has 0 amide bonds. The van der Waals surface area contributed by atoms with Crippen LogP contribution in [0.15, 0.2) is 80.4 Å². The molecule has 0 saturated carbocycles. The van der Waals surface area contributed by atoms with Crippen molar-refractivity contribution in [2.24, 2.45) is 0 Å². The maximum atomic E-state index is 13.3. The highest BCUT2D eigenvalue weighted by molar-refractivity contribution is 5.94. The van der Waals surface area contributed by atoms with Crippen molar-refractivity contribution in [1.29, 1.82) is 0 Å². The maximum absolute atomic E-state index is 13.3. The van der Waals surface area contributed by atoms with Crippen molar-refractivity contribution >= 4 is 39.5 Å². The molecule has 1 aliphatic heterocycles. The molecule has 1 unspecified atom stereocenters. The van der Waals surface area contributed by atoms with Gasteiger partial charge in [0.15, 0.2) is 11.3 Å². The lowest BCUT2D eigenvalue weighted by Gasteiger charge is -2.27. The van der Waals surface area contributed by atoms with Crippen LogP contribution in [-0.4, -0.2) is 17.6 Å². The topological polar surface area (TPSA) is 95.9 Å². The van der Waals surface area contributed by atoms with Crippen LogP contribution in [0.5, 0.6) is 0 Å². The van der Waals surface area contributed by atoms with Gasteiger partial charge in [-0.15, -0.1) is 0 Å². The van der Waals surface area contributed by atoms with Gasteiger partial charge >= 0.3 is 5.97 Å². The van der Waals surface area contributed by atoms with Crippen LogP contribution in [0.2, 0.25) is 0 Å². The number of rotatable bonds is 5. The second-order valence-electron chi connectivity index (χ2n) is 9.57. The van der Waals surface area contributed by atoms with E-state index in [2.05, 4.69) is 16.3 Å². The lowest BCUT2D eigenvalue weighted by molar-refractivity contribution is 0.0698. The standard InChI is InChI=1S/C30H26N2O5/c1-17-13-21(18(2)31-24-9-5-3-8-20(24)30(34)35)29-22(14-17)25(33)15-28(37-29)32-12-11-27-23(16-32)19-7-4-6-10-26(19)36-27/h3-10,13-15,18,31H,11-12,16H2,1-2H3,(H,34,35). The van der Waals surface area contributed by atoms with Gasteiger partial charge < -0.3 is 24.2 Å². The SMILES string of the molecule is Cc1cc(C(C)Nc2ccccc2C(=O)O)c2oc(N3CCc4oc5ccccc5c4C3)cc(=O)c2c1. The van der Waals surface area contributed by atoms with E-state index in [-0.39, 0.29) is 17.0 Å². The Kier molecular flexibility index (Phi) is 5.48. The molecule has 1 atom stereocenters. The van der Waals surface area contributed by atoms with E-state index in [9.17, 15) is 14.7 Å². The van der Waals surface area contributed by atoms with Crippen molar-refractivity contribution in [2.75, 3.05) is 16.8 Å². The Balaban J connectivity index is 1.41. The van der Waals surface area contributed by atoms with E-state index in [1.54, 1.807) is 30.3 Å². The average Bonchev–Trinajstić information content (AvgIpc) is 3.26. The Morgan fingerprint density at radius 3 is 2.65 bits per heavy atom. The molecule has 3 aromatic carbocycles. The number of carboxylic acid groups (broad SMARTS) is 1. The van der Waals surface area contributed by atoms with E-state index in [1.165, 1.54) is 0 Å². The summed E-state index contributed by atoms with van der Waals surface area (Å²) in [5.74, 6) is 0.484. The first-order valence-electron chi connectivity index (χ1n) is 12.3. The number of carboxylic acids is 1. The second kappa shape index (κ2) is 8.85. The third kappa shape index (κ3) is 4.02. The lowest BCUT2D eigenvalue weighted by Crippen LogP contribution is -2.30. The molecule has 1 aliphatic rings. The first-order chi connectivity index (χ1) is 17.9. The molecule has 3 heterocycles. The minimum Gasteiger partial charge on any atom is -0.478 e. The number of nitrogens with zero attached hydrogens (tertiary/aromatic N) is 1. The van der Waals surface area contributed by atoms with Gasteiger partial charge in [0.1, 0.15) is 16.9 Å². The molecule has 0 bridgehead atoms. The van der Waals surface area contributed by atoms with Crippen LogP contribution < -0.4 is 15.6 Å². The molecule has 5 aromatic rings. The number of aromatic carboxylic acids is 1. The van der Waals surface area contributed by atoms with Crippen LogP contribution >= 0.6 is 0 Å². The highest BCUT2D eigenvalue weighted by atomic mass is 16.4. The Morgan fingerprint density at radius 2 is 1.81 bits per heavy atom. The summed E-state index contributed by atoms with van der Waals surface area (Å²) in [4.78, 5) is 27.1. The van der Waals surface area contributed by atoms with Crippen LogP contribution in [0.25, 0.3) is 21.9 Å². The molecular formula is C30H26N2O5. The predicted octanol–water partition coefficient (Wildman–Crippen LogP) is 6.28. The molecule has 2 N–H and O–H groups in total. The summed E-state index contributed by atoms with van der Waals surface area (Å²) >= 11 is 0. The van der Waals surface area contributed by atoms with Gasteiger partial charge in [-0.25, -0.2) is 4.79 Å². The minimum atomic E-state index is -1.01. The number of benzene rings is 3. The van der Waals surface area contributed by atoms with Crippen molar-refractivity contribution < 1.29 is 18.7 Å². The summed E-state index contributed by atoms with van der Waals surface area (Å²) in [5, 5.41) is 14.5. The van der Waals surface area contributed by atoms with E-state index in [0.29, 0.717) is 35.6 Å². The Morgan fingerprint density at radius 1 is 1.03 bits per heavy atom. The minimum absolute atomic E-state index is 0.109. The van der Waals surface area contributed by atoms with Crippen molar-refractivity contribution in [3.63, 3.8) is 0 Å². The molecule has 0 saturated heterocycles. The molecule has 37 heavy (non-hydrogen) atoms. The number of anilines is 2. The zero-order valence-corrected chi connectivity index (χ0v) is 20.6. The first-order valence-corrected chi connectivity index (χ1v) is 12.3. The summed E-state index contributed by atoms with van der Waals surface area (Å²) in [6.45, 7) is 5.12. The zero-order valence-electron chi connectivity index (χ0n) is 20.6. The van der Waals surface area contributed by atoms with Crippen LogP contribution in [0.4, 0.5) is 11.6 Å². The van der Waals surface area contributed by atoms with Crippen molar-refractivity contribution in [3.05, 3.63) is 105 Å². The van der Waals surface area contributed by atoms with Gasteiger partial charge in [0, 0.05) is 47.8 Å². The largest absolute Gasteiger partial charge is 0.478 e. The van der Waals surface area contributed by atoms with Crippen LogP contribution in [0.3, 0.4) is 0 Å². The third-order valence-corrected chi connectivity index (χ3v) is 7.04. The number of aryl methyl sites for hydroxylation is 1. The van der Waals surface area contributed by atoms with Gasteiger partial charge in [0.25, 0.3) is 0 Å². The number of para-hydroxylation sites is 2. The second-order valence-corrected chi connectivity index (χ2v) is 9.57. The number of hydrogen-bond acceptors (Lipinski definition) is 6. The lowest BCUT2D eigenvalue weighted by atomic mass is 10.0. The quantitative estimate of drug-likeness (QED) is 0.297. The number of fused-ring (bicyclic) bond motifs is 4. The number of nitrogens with one attached hydrogen (secondary N) is 1. The highest BCUT2D eigenvalue weighted by Crippen LogP contribution is 2.35. The fraction of sp³-hybridized carbons (Fsp3) is 0.200. The van der Waals surface area contributed by atoms with Crippen LogP contribution in [-0.2, 0) is 13.0 Å². The third-order valence-electron chi connectivity index (χ3n) is 7.04. The van der Waals surface area contributed by atoms with E-state index in [1.807, 2.05) is 44.2 Å². The molecule has 6 rings (SSSR count). The summed E-state index contributed by atoms with van der Waals surface area (Å²) < 4.78 is 12.5. The maximum Gasteiger partial charge on any atom is 0.337 e. The Bertz CT molecular complexity index is 1730. The summed E-state index contributed by atoms with van der Waals surface area (Å²) in [7, 11) is 0. The monoisotopic (exact) mass is 494 g/mol. The Labute approximate surface area is 212 Å². The normalized spacial score (nSPS) is 14.1. The van der Waals surface area contributed by atoms with E-state index < -0.39 is 5.97 Å². The summed E-state index contributed by atoms with van der Waals surface area (Å²) in [5.41, 5.74) is 4.79.